The standard InChI is InChI=1S/C24H32N2O2S/c1-17(2)25-23(27)14-19-15-24(28-22-7-5-4-6-21(19)22)10-12-26(13-11-24)16-20-9-8-18(3)29-20/h4-9,17,19H,10-16H2,1-3H3,(H,25,27). The molecular formula is C24H32N2O2S. The molecule has 2 aromatic rings. The first-order valence-corrected chi connectivity index (χ1v) is 11.6. The quantitative estimate of drug-likeness (QED) is 0.762. The summed E-state index contributed by atoms with van der Waals surface area (Å²) >= 11 is 1.89. The van der Waals surface area contributed by atoms with Crippen LogP contribution >= 0.6 is 11.3 Å². The molecule has 0 aliphatic carbocycles. The number of benzene rings is 1. The van der Waals surface area contributed by atoms with Crippen LogP contribution in [0.5, 0.6) is 5.75 Å². The number of thiophene rings is 1. The Morgan fingerprint density at radius 3 is 2.69 bits per heavy atom. The lowest BCUT2D eigenvalue weighted by Gasteiger charge is -2.47. The van der Waals surface area contributed by atoms with Crippen molar-refractivity contribution < 1.29 is 9.53 Å². The molecule has 0 bridgehead atoms. The Morgan fingerprint density at radius 1 is 1.24 bits per heavy atom. The minimum Gasteiger partial charge on any atom is -0.487 e. The molecule has 4 rings (SSSR count). The molecule has 1 amide bonds. The molecule has 29 heavy (non-hydrogen) atoms. The molecule has 1 aromatic heterocycles. The van der Waals surface area contributed by atoms with Crippen LogP contribution in [0, 0.1) is 6.92 Å². The third kappa shape index (κ3) is 4.84. The number of piperidine rings is 1. The third-order valence-corrected chi connectivity index (χ3v) is 7.11. The molecule has 156 valence electrons. The van der Waals surface area contributed by atoms with E-state index in [-0.39, 0.29) is 23.5 Å². The lowest BCUT2D eigenvalue weighted by Crippen LogP contribution is -2.50. The predicted molar refractivity (Wildman–Crippen MR) is 119 cm³/mol. The number of nitrogens with zero attached hydrogens (tertiary/aromatic N) is 1. The molecule has 1 saturated heterocycles. The van der Waals surface area contributed by atoms with Crippen molar-refractivity contribution in [3.63, 3.8) is 0 Å². The van der Waals surface area contributed by atoms with Crippen LogP contribution in [0.1, 0.15) is 60.8 Å². The van der Waals surface area contributed by atoms with Gasteiger partial charge in [0, 0.05) is 47.8 Å². The minimum atomic E-state index is -0.140. The summed E-state index contributed by atoms with van der Waals surface area (Å²) in [5, 5.41) is 3.06. The maximum absolute atomic E-state index is 12.5. The predicted octanol–water partition coefficient (Wildman–Crippen LogP) is 4.87. The van der Waals surface area contributed by atoms with Crippen molar-refractivity contribution in [2.75, 3.05) is 13.1 Å². The molecule has 5 heteroatoms. The summed E-state index contributed by atoms with van der Waals surface area (Å²) < 4.78 is 6.60. The van der Waals surface area contributed by atoms with Gasteiger partial charge in [0.15, 0.2) is 0 Å². The van der Waals surface area contributed by atoms with Gasteiger partial charge < -0.3 is 10.1 Å². The van der Waals surface area contributed by atoms with Gasteiger partial charge in [0.05, 0.1) is 0 Å². The van der Waals surface area contributed by atoms with E-state index in [1.54, 1.807) is 0 Å². The second kappa shape index (κ2) is 8.49. The van der Waals surface area contributed by atoms with Crippen molar-refractivity contribution in [2.45, 2.75) is 70.6 Å². The molecule has 2 aliphatic rings. The fraction of sp³-hybridized carbons (Fsp3) is 0.542. The second-order valence-electron chi connectivity index (χ2n) is 8.94. The third-order valence-electron chi connectivity index (χ3n) is 6.13. The first-order valence-electron chi connectivity index (χ1n) is 10.8. The van der Waals surface area contributed by atoms with Gasteiger partial charge in [0.1, 0.15) is 11.4 Å². The molecular weight excluding hydrogens is 380 g/mol. The molecule has 1 aromatic carbocycles. The van der Waals surface area contributed by atoms with Crippen LogP contribution in [0.25, 0.3) is 0 Å². The monoisotopic (exact) mass is 412 g/mol. The molecule has 0 saturated carbocycles. The lowest BCUT2D eigenvalue weighted by atomic mass is 9.76. The molecule has 1 fully saturated rings. The van der Waals surface area contributed by atoms with Crippen molar-refractivity contribution in [3.8, 4) is 5.75 Å². The largest absolute Gasteiger partial charge is 0.487 e. The van der Waals surface area contributed by atoms with E-state index in [2.05, 4.69) is 47.5 Å². The number of ether oxygens (including phenoxy) is 1. The molecule has 4 nitrogen and oxygen atoms in total. The van der Waals surface area contributed by atoms with Crippen molar-refractivity contribution in [1.82, 2.24) is 10.2 Å². The van der Waals surface area contributed by atoms with Crippen molar-refractivity contribution in [2.24, 2.45) is 0 Å². The van der Waals surface area contributed by atoms with Crippen molar-refractivity contribution in [1.29, 1.82) is 0 Å². The number of carbonyl (C=O) groups is 1. The number of rotatable bonds is 5. The van der Waals surface area contributed by atoms with Crippen LogP contribution in [0.3, 0.4) is 0 Å². The van der Waals surface area contributed by atoms with E-state index in [9.17, 15) is 4.79 Å². The van der Waals surface area contributed by atoms with Crippen LogP contribution in [0.4, 0.5) is 0 Å². The number of fused-ring (bicyclic) bond motifs is 1. The number of nitrogens with one attached hydrogen (secondary N) is 1. The minimum absolute atomic E-state index is 0.140. The molecule has 1 spiro atoms. The zero-order valence-electron chi connectivity index (χ0n) is 17.7. The fourth-order valence-electron chi connectivity index (χ4n) is 4.75. The first-order chi connectivity index (χ1) is 13.9. The van der Waals surface area contributed by atoms with Crippen LogP contribution in [-0.4, -0.2) is 35.5 Å². The van der Waals surface area contributed by atoms with Gasteiger partial charge in [0.2, 0.25) is 5.91 Å². The highest BCUT2D eigenvalue weighted by atomic mass is 32.1. The van der Waals surface area contributed by atoms with Crippen molar-refractivity contribution >= 4 is 17.2 Å². The zero-order chi connectivity index (χ0) is 20.4. The van der Waals surface area contributed by atoms with E-state index in [0.717, 1.165) is 44.6 Å². The van der Waals surface area contributed by atoms with E-state index in [1.165, 1.54) is 15.3 Å². The average molecular weight is 413 g/mol. The molecule has 0 radical (unpaired) electrons. The number of aryl methyl sites for hydroxylation is 1. The normalized spacial score (nSPS) is 21.0. The Hall–Kier alpha value is -1.85. The number of carbonyl (C=O) groups excluding carboxylic acids is 1. The molecule has 2 aliphatic heterocycles. The second-order valence-corrected chi connectivity index (χ2v) is 10.3. The molecule has 3 heterocycles. The van der Waals surface area contributed by atoms with Crippen LogP contribution in [0.2, 0.25) is 0 Å². The number of likely N-dealkylation sites (tertiary alicyclic amines) is 1. The highest BCUT2D eigenvalue weighted by Gasteiger charge is 2.43. The van der Waals surface area contributed by atoms with Gasteiger partial charge in [0.25, 0.3) is 0 Å². The van der Waals surface area contributed by atoms with Crippen LogP contribution in [-0.2, 0) is 11.3 Å². The van der Waals surface area contributed by atoms with E-state index in [0.29, 0.717) is 6.42 Å². The summed E-state index contributed by atoms with van der Waals surface area (Å²) in [7, 11) is 0. The number of para-hydroxylation sites is 1. The van der Waals surface area contributed by atoms with Gasteiger partial charge >= 0.3 is 0 Å². The zero-order valence-corrected chi connectivity index (χ0v) is 18.6. The summed E-state index contributed by atoms with van der Waals surface area (Å²) in [6.07, 6.45) is 3.52. The Bertz CT molecular complexity index is 852. The Labute approximate surface area is 178 Å². The summed E-state index contributed by atoms with van der Waals surface area (Å²) in [4.78, 5) is 17.9. The summed E-state index contributed by atoms with van der Waals surface area (Å²) in [6, 6.07) is 12.9. The Morgan fingerprint density at radius 2 is 2.00 bits per heavy atom. The highest BCUT2D eigenvalue weighted by Crippen LogP contribution is 2.46. The first kappa shape index (κ1) is 20.4. The van der Waals surface area contributed by atoms with Gasteiger partial charge in [-0.25, -0.2) is 0 Å². The van der Waals surface area contributed by atoms with E-state index in [1.807, 2.05) is 31.3 Å². The smallest absolute Gasteiger partial charge is 0.220 e. The van der Waals surface area contributed by atoms with Crippen molar-refractivity contribution in [3.05, 3.63) is 51.7 Å². The van der Waals surface area contributed by atoms with Gasteiger partial charge in [-0.15, -0.1) is 11.3 Å². The summed E-state index contributed by atoms with van der Waals surface area (Å²) in [5.41, 5.74) is 1.05. The lowest BCUT2D eigenvalue weighted by molar-refractivity contribution is -0.122. The average Bonchev–Trinajstić information content (AvgIpc) is 3.08. The summed E-state index contributed by atoms with van der Waals surface area (Å²) in [6.45, 7) is 9.33. The Balaban J connectivity index is 1.45. The topological polar surface area (TPSA) is 41.6 Å². The maximum atomic E-state index is 12.5. The molecule has 1 unspecified atom stereocenters. The molecule has 1 N–H and O–H groups in total. The van der Waals surface area contributed by atoms with E-state index >= 15 is 0 Å². The summed E-state index contributed by atoms with van der Waals surface area (Å²) in [5.74, 6) is 1.34. The molecule has 1 atom stereocenters. The SMILES string of the molecule is Cc1ccc(CN2CCC3(CC2)CC(CC(=O)NC(C)C)c2ccccc2O3)s1. The number of hydrogen-bond acceptors (Lipinski definition) is 4. The maximum Gasteiger partial charge on any atom is 0.220 e. The van der Waals surface area contributed by atoms with Crippen LogP contribution in [0.15, 0.2) is 36.4 Å². The highest BCUT2D eigenvalue weighted by molar-refractivity contribution is 7.11. The van der Waals surface area contributed by atoms with Gasteiger partial charge in [-0.2, -0.15) is 0 Å². The van der Waals surface area contributed by atoms with E-state index < -0.39 is 0 Å². The Kier molecular flexibility index (Phi) is 5.98. The van der Waals surface area contributed by atoms with Crippen LogP contribution < -0.4 is 10.1 Å². The van der Waals surface area contributed by atoms with Gasteiger partial charge in [-0.05, 0) is 63.8 Å². The number of hydrogen-bond donors (Lipinski definition) is 1. The van der Waals surface area contributed by atoms with E-state index in [4.69, 9.17) is 4.74 Å². The van der Waals surface area contributed by atoms with Gasteiger partial charge in [-0.1, -0.05) is 18.2 Å². The fourth-order valence-corrected chi connectivity index (χ4v) is 5.68. The van der Waals surface area contributed by atoms with Gasteiger partial charge in [-0.3, -0.25) is 9.69 Å². The number of amides is 1.